The third-order valence-electron chi connectivity index (χ3n) is 4.81. The van der Waals surface area contributed by atoms with E-state index in [0.29, 0.717) is 17.9 Å². The predicted molar refractivity (Wildman–Crippen MR) is 82.4 cm³/mol. The largest absolute Gasteiger partial charge is 0.486 e. The van der Waals surface area contributed by atoms with Gasteiger partial charge in [-0.15, -0.1) is 0 Å². The van der Waals surface area contributed by atoms with Crippen molar-refractivity contribution in [3.63, 3.8) is 0 Å². The summed E-state index contributed by atoms with van der Waals surface area (Å²) in [6.45, 7) is 5.85. The molecule has 2 fully saturated rings. The molecule has 4 rings (SSSR count). The maximum absolute atomic E-state index is 12.5. The first-order valence-electron chi connectivity index (χ1n) is 8.14. The molecule has 0 spiro atoms. The van der Waals surface area contributed by atoms with Crippen LogP contribution in [-0.2, 0) is 0 Å². The number of fused-ring (bicyclic) bond motifs is 3. The number of benzene rings is 1. The van der Waals surface area contributed by atoms with Gasteiger partial charge in [0.25, 0.3) is 5.91 Å². The van der Waals surface area contributed by atoms with E-state index in [9.17, 15) is 4.79 Å². The Labute approximate surface area is 130 Å². The molecule has 2 saturated heterocycles. The highest BCUT2D eigenvalue weighted by atomic mass is 16.6. The lowest BCUT2D eigenvalue weighted by Gasteiger charge is -2.30. The first kappa shape index (κ1) is 13.9. The lowest BCUT2D eigenvalue weighted by atomic mass is 9.96. The lowest BCUT2D eigenvalue weighted by Crippen LogP contribution is -2.47. The number of carbonyl (C=O) groups excluding carboxylic acids is 1. The van der Waals surface area contributed by atoms with Crippen LogP contribution < -0.4 is 14.8 Å². The van der Waals surface area contributed by atoms with Crippen LogP contribution in [0.25, 0.3) is 0 Å². The summed E-state index contributed by atoms with van der Waals surface area (Å²) in [5.74, 6) is 2.12. The summed E-state index contributed by atoms with van der Waals surface area (Å²) in [7, 11) is 0. The first-order valence-corrected chi connectivity index (χ1v) is 8.14. The van der Waals surface area contributed by atoms with Crippen LogP contribution in [0.4, 0.5) is 0 Å². The molecule has 1 unspecified atom stereocenters. The highest BCUT2D eigenvalue weighted by Crippen LogP contribution is 2.32. The Morgan fingerprint density at radius 3 is 3.09 bits per heavy atom. The summed E-state index contributed by atoms with van der Waals surface area (Å²) < 4.78 is 11.3. The highest BCUT2D eigenvalue weighted by molar-refractivity contribution is 5.95. The van der Waals surface area contributed by atoms with E-state index in [0.717, 1.165) is 24.6 Å². The van der Waals surface area contributed by atoms with Gasteiger partial charge >= 0.3 is 0 Å². The SMILES string of the molecule is C[C@@H]1COc2cc(C(=O)N[C@@H]3C[C@@H]4CCN(C4)C3)ccc2O1. The number of piperidine rings is 1. The fourth-order valence-corrected chi connectivity index (χ4v) is 3.75. The van der Waals surface area contributed by atoms with Gasteiger partial charge in [-0.05, 0) is 50.4 Å². The first-order chi connectivity index (χ1) is 10.7. The molecule has 22 heavy (non-hydrogen) atoms. The summed E-state index contributed by atoms with van der Waals surface area (Å²) in [4.78, 5) is 14.9. The Balaban J connectivity index is 1.44. The van der Waals surface area contributed by atoms with E-state index >= 15 is 0 Å². The van der Waals surface area contributed by atoms with Crippen LogP contribution in [0.15, 0.2) is 18.2 Å². The Kier molecular flexibility index (Phi) is 3.45. The molecule has 3 aliphatic rings. The average molecular weight is 302 g/mol. The molecule has 1 amide bonds. The fourth-order valence-electron chi connectivity index (χ4n) is 3.75. The van der Waals surface area contributed by atoms with Crippen LogP contribution >= 0.6 is 0 Å². The molecule has 118 valence electrons. The Morgan fingerprint density at radius 2 is 2.23 bits per heavy atom. The molecular weight excluding hydrogens is 280 g/mol. The number of nitrogens with zero attached hydrogens (tertiary/aromatic N) is 1. The second kappa shape index (κ2) is 5.47. The minimum atomic E-state index is -0.0162. The molecule has 0 aliphatic carbocycles. The summed E-state index contributed by atoms with van der Waals surface area (Å²) in [5.41, 5.74) is 0.643. The van der Waals surface area contributed by atoms with Gasteiger partial charge in [0.15, 0.2) is 11.5 Å². The third-order valence-corrected chi connectivity index (χ3v) is 4.81. The molecule has 0 radical (unpaired) electrons. The van der Waals surface area contributed by atoms with Crippen LogP contribution in [0.3, 0.4) is 0 Å². The molecule has 0 aromatic heterocycles. The molecule has 1 aromatic rings. The summed E-state index contributed by atoms with van der Waals surface area (Å²) in [5, 5.41) is 3.17. The maximum Gasteiger partial charge on any atom is 0.251 e. The van der Waals surface area contributed by atoms with Gasteiger partial charge in [0.05, 0.1) is 0 Å². The second-order valence-electron chi connectivity index (χ2n) is 6.72. The Hall–Kier alpha value is -1.75. The predicted octanol–water partition coefficient (Wildman–Crippen LogP) is 1.67. The van der Waals surface area contributed by atoms with Crippen molar-refractivity contribution in [2.24, 2.45) is 5.92 Å². The highest BCUT2D eigenvalue weighted by Gasteiger charge is 2.33. The van der Waals surface area contributed by atoms with Crippen LogP contribution in [0, 0.1) is 5.92 Å². The molecule has 1 aromatic carbocycles. The number of amides is 1. The van der Waals surface area contributed by atoms with Crippen molar-refractivity contribution in [1.29, 1.82) is 0 Å². The van der Waals surface area contributed by atoms with Crippen molar-refractivity contribution in [1.82, 2.24) is 10.2 Å². The van der Waals surface area contributed by atoms with E-state index in [1.54, 1.807) is 6.07 Å². The number of nitrogens with one attached hydrogen (secondary N) is 1. The van der Waals surface area contributed by atoms with Crippen molar-refractivity contribution in [3.8, 4) is 11.5 Å². The van der Waals surface area contributed by atoms with E-state index in [1.807, 2.05) is 19.1 Å². The Morgan fingerprint density at radius 1 is 1.32 bits per heavy atom. The smallest absolute Gasteiger partial charge is 0.251 e. The van der Waals surface area contributed by atoms with Gasteiger partial charge in [-0.2, -0.15) is 0 Å². The molecule has 5 heteroatoms. The van der Waals surface area contributed by atoms with Gasteiger partial charge in [-0.25, -0.2) is 0 Å². The number of carbonyl (C=O) groups is 1. The maximum atomic E-state index is 12.5. The molecule has 1 N–H and O–H groups in total. The summed E-state index contributed by atoms with van der Waals surface area (Å²) in [6, 6.07) is 5.69. The van der Waals surface area contributed by atoms with Gasteiger partial charge in [-0.3, -0.25) is 4.79 Å². The molecule has 0 saturated carbocycles. The van der Waals surface area contributed by atoms with E-state index in [1.165, 1.54) is 19.5 Å². The third kappa shape index (κ3) is 2.65. The van der Waals surface area contributed by atoms with Crippen molar-refractivity contribution in [2.45, 2.75) is 31.9 Å². The Bertz CT molecular complexity index is 577. The van der Waals surface area contributed by atoms with E-state index < -0.39 is 0 Å². The lowest BCUT2D eigenvalue weighted by molar-refractivity contribution is 0.0904. The minimum absolute atomic E-state index is 0.0162. The number of ether oxygens (including phenoxy) is 2. The van der Waals surface area contributed by atoms with Crippen molar-refractivity contribution in [3.05, 3.63) is 23.8 Å². The quantitative estimate of drug-likeness (QED) is 0.903. The van der Waals surface area contributed by atoms with Gasteiger partial charge in [0.2, 0.25) is 0 Å². The average Bonchev–Trinajstić information content (AvgIpc) is 2.85. The monoisotopic (exact) mass is 302 g/mol. The number of hydrogen-bond acceptors (Lipinski definition) is 4. The van der Waals surface area contributed by atoms with Crippen LogP contribution in [0.2, 0.25) is 0 Å². The van der Waals surface area contributed by atoms with E-state index in [2.05, 4.69) is 10.2 Å². The molecule has 4 atom stereocenters. The topological polar surface area (TPSA) is 50.8 Å². The van der Waals surface area contributed by atoms with Crippen molar-refractivity contribution in [2.75, 3.05) is 26.2 Å². The van der Waals surface area contributed by atoms with E-state index in [-0.39, 0.29) is 18.1 Å². The summed E-state index contributed by atoms with van der Waals surface area (Å²) >= 11 is 0. The van der Waals surface area contributed by atoms with Crippen LogP contribution in [-0.4, -0.2) is 49.2 Å². The zero-order valence-electron chi connectivity index (χ0n) is 12.9. The fraction of sp³-hybridized carbons (Fsp3) is 0.588. The standard InChI is InChI=1S/C17H22N2O3/c1-11-10-21-16-7-13(2-3-15(16)22-11)17(20)18-14-6-12-4-5-19(8-12)9-14/h2-3,7,11-12,14H,4-6,8-10H2,1H3,(H,18,20)/t11-,12+,14-/m1/s1. The number of rotatable bonds is 2. The second-order valence-corrected chi connectivity index (χ2v) is 6.72. The zero-order valence-corrected chi connectivity index (χ0v) is 12.9. The zero-order chi connectivity index (χ0) is 15.1. The van der Waals surface area contributed by atoms with Gasteiger partial charge in [0.1, 0.15) is 12.7 Å². The minimum Gasteiger partial charge on any atom is -0.486 e. The van der Waals surface area contributed by atoms with Crippen molar-refractivity contribution < 1.29 is 14.3 Å². The molecule has 3 heterocycles. The van der Waals surface area contributed by atoms with Crippen LogP contribution in [0.5, 0.6) is 11.5 Å². The molecule has 2 bridgehead atoms. The normalized spacial score (nSPS) is 32.6. The van der Waals surface area contributed by atoms with E-state index in [4.69, 9.17) is 9.47 Å². The molecule has 3 aliphatic heterocycles. The van der Waals surface area contributed by atoms with Gasteiger partial charge < -0.3 is 19.7 Å². The number of hydrogen-bond donors (Lipinski definition) is 1. The molecule has 5 nitrogen and oxygen atoms in total. The van der Waals surface area contributed by atoms with Crippen LogP contribution in [0.1, 0.15) is 30.1 Å². The molecular formula is C17H22N2O3. The van der Waals surface area contributed by atoms with Gasteiger partial charge in [0, 0.05) is 24.7 Å². The van der Waals surface area contributed by atoms with Crippen molar-refractivity contribution >= 4 is 5.91 Å². The summed E-state index contributed by atoms with van der Waals surface area (Å²) in [6.07, 6.45) is 2.43. The van der Waals surface area contributed by atoms with Gasteiger partial charge in [-0.1, -0.05) is 0 Å².